The Balaban J connectivity index is 2.27. The molecule has 1 aliphatic heterocycles. The molecule has 0 amide bonds. The first-order valence-corrected chi connectivity index (χ1v) is 9.47. The lowest BCUT2D eigenvalue weighted by atomic mass is 10.1. The van der Waals surface area contributed by atoms with Crippen LogP contribution in [-0.4, -0.2) is 30.7 Å². The zero-order chi connectivity index (χ0) is 13.9. The maximum Gasteiger partial charge on any atom is 0.252 e. The van der Waals surface area contributed by atoms with Crippen LogP contribution in [-0.2, 0) is 10.0 Å². The Morgan fingerprint density at radius 2 is 2.26 bits per heavy atom. The molecule has 108 valence electrons. The first-order valence-electron chi connectivity index (χ1n) is 6.71. The SMILES string of the molecule is CC(Cl)CC1CCCCCN1S(=O)(=O)c1cccs1. The molecule has 2 unspecified atom stereocenters. The molecule has 0 N–H and O–H groups in total. The Hall–Kier alpha value is -0.100. The van der Waals surface area contributed by atoms with E-state index >= 15 is 0 Å². The van der Waals surface area contributed by atoms with Gasteiger partial charge < -0.3 is 0 Å². The van der Waals surface area contributed by atoms with Crippen LogP contribution in [0.1, 0.15) is 39.0 Å². The van der Waals surface area contributed by atoms with Gasteiger partial charge in [0, 0.05) is 18.0 Å². The van der Waals surface area contributed by atoms with Crippen molar-refractivity contribution >= 4 is 33.0 Å². The molecule has 2 heterocycles. The van der Waals surface area contributed by atoms with E-state index in [2.05, 4.69) is 0 Å². The third-order valence-electron chi connectivity index (χ3n) is 3.48. The van der Waals surface area contributed by atoms with Crippen LogP contribution in [0.3, 0.4) is 0 Å². The summed E-state index contributed by atoms with van der Waals surface area (Å²) in [4.78, 5) is 0. The van der Waals surface area contributed by atoms with Crippen LogP contribution < -0.4 is 0 Å². The first kappa shape index (κ1) is 15.3. The lowest BCUT2D eigenvalue weighted by molar-refractivity contribution is 0.307. The minimum atomic E-state index is -3.34. The van der Waals surface area contributed by atoms with E-state index in [1.165, 1.54) is 11.3 Å². The van der Waals surface area contributed by atoms with Gasteiger partial charge in [0.25, 0.3) is 10.0 Å². The van der Waals surface area contributed by atoms with Crippen molar-refractivity contribution in [2.24, 2.45) is 0 Å². The highest BCUT2D eigenvalue weighted by Gasteiger charge is 2.33. The number of nitrogens with zero attached hydrogens (tertiary/aromatic N) is 1. The monoisotopic (exact) mass is 321 g/mol. The average Bonchev–Trinajstić information content (AvgIpc) is 2.77. The van der Waals surface area contributed by atoms with Crippen molar-refractivity contribution in [1.29, 1.82) is 0 Å². The molecule has 0 radical (unpaired) electrons. The molecule has 0 saturated carbocycles. The second-order valence-electron chi connectivity index (χ2n) is 5.07. The zero-order valence-electron chi connectivity index (χ0n) is 11.1. The number of alkyl halides is 1. The molecule has 1 aromatic heterocycles. The predicted molar refractivity (Wildman–Crippen MR) is 80.4 cm³/mol. The van der Waals surface area contributed by atoms with E-state index in [0.717, 1.165) is 32.1 Å². The third-order valence-corrected chi connectivity index (χ3v) is 6.98. The second-order valence-corrected chi connectivity index (χ2v) is 8.88. The van der Waals surface area contributed by atoms with Gasteiger partial charge in [-0.3, -0.25) is 0 Å². The van der Waals surface area contributed by atoms with Crippen LogP contribution in [0.5, 0.6) is 0 Å². The van der Waals surface area contributed by atoms with E-state index in [1.54, 1.807) is 16.4 Å². The van der Waals surface area contributed by atoms with Crippen LogP contribution in [0.4, 0.5) is 0 Å². The van der Waals surface area contributed by atoms with E-state index in [-0.39, 0.29) is 11.4 Å². The molecule has 0 spiro atoms. The highest BCUT2D eigenvalue weighted by Crippen LogP contribution is 2.29. The maximum atomic E-state index is 12.7. The number of sulfonamides is 1. The molecule has 0 bridgehead atoms. The van der Waals surface area contributed by atoms with Crippen LogP contribution in [0.15, 0.2) is 21.7 Å². The summed E-state index contributed by atoms with van der Waals surface area (Å²) in [5.74, 6) is 0. The van der Waals surface area contributed by atoms with Gasteiger partial charge in [0.1, 0.15) is 4.21 Å². The van der Waals surface area contributed by atoms with Gasteiger partial charge in [-0.2, -0.15) is 4.31 Å². The molecule has 1 aromatic rings. The molecule has 1 aliphatic rings. The Kier molecular flexibility index (Phi) is 5.29. The average molecular weight is 322 g/mol. The summed E-state index contributed by atoms with van der Waals surface area (Å²) >= 11 is 7.37. The summed E-state index contributed by atoms with van der Waals surface area (Å²) in [6.45, 7) is 2.55. The molecule has 3 nitrogen and oxygen atoms in total. The van der Waals surface area contributed by atoms with E-state index in [4.69, 9.17) is 11.6 Å². The molecule has 2 rings (SSSR count). The van der Waals surface area contributed by atoms with Gasteiger partial charge in [-0.1, -0.05) is 18.9 Å². The summed E-state index contributed by atoms with van der Waals surface area (Å²) in [6, 6.07) is 3.52. The maximum absolute atomic E-state index is 12.7. The highest BCUT2D eigenvalue weighted by molar-refractivity contribution is 7.91. The standard InChI is InChI=1S/C13H20ClNO2S2/c1-11(14)10-12-6-3-2-4-8-15(12)19(16,17)13-7-5-9-18-13/h5,7,9,11-12H,2-4,6,8,10H2,1H3. The van der Waals surface area contributed by atoms with Crippen LogP contribution in [0.2, 0.25) is 0 Å². The second kappa shape index (κ2) is 6.57. The summed E-state index contributed by atoms with van der Waals surface area (Å²) in [5.41, 5.74) is 0. The van der Waals surface area contributed by atoms with Gasteiger partial charge in [0.2, 0.25) is 0 Å². The Labute approximate surface area is 124 Å². The summed E-state index contributed by atoms with van der Waals surface area (Å²) in [7, 11) is -3.34. The number of halogens is 1. The molecule has 1 saturated heterocycles. The van der Waals surface area contributed by atoms with E-state index in [1.807, 2.05) is 12.3 Å². The van der Waals surface area contributed by atoms with Crippen molar-refractivity contribution in [2.75, 3.05) is 6.54 Å². The van der Waals surface area contributed by atoms with Crippen molar-refractivity contribution in [3.05, 3.63) is 17.5 Å². The number of rotatable bonds is 4. The van der Waals surface area contributed by atoms with Crippen LogP contribution >= 0.6 is 22.9 Å². The van der Waals surface area contributed by atoms with E-state index in [9.17, 15) is 8.42 Å². The fourth-order valence-electron chi connectivity index (χ4n) is 2.60. The van der Waals surface area contributed by atoms with Crippen molar-refractivity contribution in [2.45, 2.75) is 54.7 Å². The Morgan fingerprint density at radius 3 is 2.89 bits per heavy atom. The van der Waals surface area contributed by atoms with Gasteiger partial charge in [0.05, 0.1) is 0 Å². The quantitative estimate of drug-likeness (QED) is 0.793. The summed E-state index contributed by atoms with van der Waals surface area (Å²) in [6.07, 6.45) is 4.78. The van der Waals surface area contributed by atoms with Crippen molar-refractivity contribution < 1.29 is 8.42 Å². The molecule has 0 aromatic carbocycles. The minimum absolute atomic E-state index is 0.00383. The van der Waals surface area contributed by atoms with Gasteiger partial charge in [-0.05, 0) is 37.6 Å². The van der Waals surface area contributed by atoms with Crippen molar-refractivity contribution in [1.82, 2.24) is 4.31 Å². The van der Waals surface area contributed by atoms with E-state index in [0.29, 0.717) is 10.8 Å². The molecule has 2 atom stereocenters. The Bertz CT molecular complexity index is 485. The van der Waals surface area contributed by atoms with Crippen LogP contribution in [0, 0.1) is 0 Å². The molecule has 0 aliphatic carbocycles. The summed E-state index contributed by atoms with van der Waals surface area (Å²) in [5, 5.41) is 1.81. The minimum Gasteiger partial charge on any atom is -0.206 e. The fourth-order valence-corrected chi connectivity index (χ4v) is 5.63. The van der Waals surface area contributed by atoms with E-state index < -0.39 is 10.0 Å². The topological polar surface area (TPSA) is 37.4 Å². The third kappa shape index (κ3) is 3.72. The molecular formula is C13H20ClNO2S2. The van der Waals surface area contributed by atoms with Gasteiger partial charge >= 0.3 is 0 Å². The molecule has 1 fully saturated rings. The lowest BCUT2D eigenvalue weighted by Gasteiger charge is -2.29. The molecular weight excluding hydrogens is 302 g/mol. The predicted octanol–water partition coefficient (Wildman–Crippen LogP) is 3.70. The first-order chi connectivity index (χ1) is 9.01. The van der Waals surface area contributed by atoms with Crippen molar-refractivity contribution in [3.63, 3.8) is 0 Å². The van der Waals surface area contributed by atoms with Gasteiger partial charge in [-0.15, -0.1) is 22.9 Å². The molecule has 6 heteroatoms. The van der Waals surface area contributed by atoms with Gasteiger partial charge in [0.15, 0.2) is 0 Å². The molecule has 19 heavy (non-hydrogen) atoms. The van der Waals surface area contributed by atoms with Gasteiger partial charge in [-0.25, -0.2) is 8.42 Å². The summed E-state index contributed by atoms with van der Waals surface area (Å²) < 4.78 is 27.5. The lowest BCUT2D eigenvalue weighted by Crippen LogP contribution is -2.40. The van der Waals surface area contributed by atoms with Crippen LogP contribution in [0.25, 0.3) is 0 Å². The highest BCUT2D eigenvalue weighted by atomic mass is 35.5. The number of hydrogen-bond acceptors (Lipinski definition) is 3. The fraction of sp³-hybridized carbons (Fsp3) is 0.692. The number of thiophene rings is 1. The largest absolute Gasteiger partial charge is 0.252 e. The Morgan fingerprint density at radius 1 is 1.47 bits per heavy atom. The normalized spacial score (nSPS) is 24.0. The zero-order valence-corrected chi connectivity index (χ0v) is 13.5. The van der Waals surface area contributed by atoms with Crippen molar-refractivity contribution in [3.8, 4) is 0 Å². The number of hydrogen-bond donors (Lipinski definition) is 0. The smallest absolute Gasteiger partial charge is 0.206 e.